The van der Waals surface area contributed by atoms with E-state index in [1.165, 1.54) is 0 Å². The predicted molar refractivity (Wildman–Crippen MR) is 58.9 cm³/mol. The number of carboxylic acid groups (broad SMARTS) is 1. The molecule has 1 atom stereocenters. The van der Waals surface area contributed by atoms with Gasteiger partial charge in [-0.25, -0.2) is 9.78 Å². The van der Waals surface area contributed by atoms with Crippen LogP contribution in [-0.4, -0.2) is 22.1 Å². The molecule has 4 nitrogen and oxygen atoms in total. The van der Waals surface area contributed by atoms with Crippen LogP contribution >= 0.6 is 0 Å². The van der Waals surface area contributed by atoms with Crippen LogP contribution in [0.25, 0.3) is 0 Å². The number of nitrogens with zero attached hydrogens (tertiary/aromatic N) is 1. The normalized spacial score (nSPS) is 12.5. The zero-order valence-corrected chi connectivity index (χ0v) is 9.19. The number of nitrogens with one attached hydrogen (secondary N) is 1. The number of carbonyl (C=O) groups is 1. The van der Waals surface area contributed by atoms with E-state index in [1.807, 2.05) is 32.9 Å². The number of carboxylic acids is 1. The minimum atomic E-state index is -0.853. The summed E-state index contributed by atoms with van der Waals surface area (Å²) in [5.41, 5.74) is 1.06. The third kappa shape index (κ3) is 3.23. The standard InChI is InChI=1S/C11H16N2O2/c1-7(2)10(11(14)15)13-9-6-8(3)4-5-12-9/h4-7,10H,1-3H3,(H,12,13)(H,14,15)/t10-/m0/s1. The van der Waals surface area contributed by atoms with Gasteiger partial charge >= 0.3 is 5.97 Å². The van der Waals surface area contributed by atoms with Crippen LogP contribution in [0.3, 0.4) is 0 Å². The number of pyridine rings is 1. The first-order chi connectivity index (χ1) is 7.00. The van der Waals surface area contributed by atoms with Crippen molar-refractivity contribution in [3.63, 3.8) is 0 Å². The maximum absolute atomic E-state index is 10.9. The fourth-order valence-electron chi connectivity index (χ4n) is 1.29. The van der Waals surface area contributed by atoms with Gasteiger partial charge in [-0.2, -0.15) is 0 Å². The van der Waals surface area contributed by atoms with Crippen molar-refractivity contribution in [2.24, 2.45) is 5.92 Å². The molecule has 0 bridgehead atoms. The zero-order valence-electron chi connectivity index (χ0n) is 9.19. The SMILES string of the molecule is Cc1ccnc(N[C@H](C(=O)O)C(C)C)c1. The first kappa shape index (κ1) is 11.5. The molecule has 0 amide bonds. The Morgan fingerprint density at radius 3 is 2.67 bits per heavy atom. The van der Waals surface area contributed by atoms with Gasteiger partial charge in [0.25, 0.3) is 0 Å². The van der Waals surface area contributed by atoms with Gasteiger partial charge in [0.05, 0.1) is 0 Å². The van der Waals surface area contributed by atoms with Crippen LogP contribution in [0.15, 0.2) is 18.3 Å². The van der Waals surface area contributed by atoms with Crippen LogP contribution in [0.2, 0.25) is 0 Å². The Bertz CT molecular complexity index is 350. The molecule has 0 spiro atoms. The van der Waals surface area contributed by atoms with E-state index in [1.54, 1.807) is 6.20 Å². The summed E-state index contributed by atoms with van der Waals surface area (Å²) in [7, 11) is 0. The summed E-state index contributed by atoms with van der Waals surface area (Å²) in [5, 5.41) is 11.9. The van der Waals surface area contributed by atoms with Crippen molar-refractivity contribution in [2.75, 3.05) is 5.32 Å². The number of aliphatic carboxylic acids is 1. The number of rotatable bonds is 4. The maximum Gasteiger partial charge on any atom is 0.326 e. The van der Waals surface area contributed by atoms with Gasteiger partial charge in [0, 0.05) is 6.20 Å². The van der Waals surface area contributed by atoms with Gasteiger partial charge < -0.3 is 10.4 Å². The van der Waals surface area contributed by atoms with Gasteiger partial charge in [-0.15, -0.1) is 0 Å². The van der Waals surface area contributed by atoms with Crippen molar-refractivity contribution in [1.29, 1.82) is 0 Å². The van der Waals surface area contributed by atoms with Gasteiger partial charge in [0.2, 0.25) is 0 Å². The Hall–Kier alpha value is -1.58. The van der Waals surface area contributed by atoms with Crippen LogP contribution in [0, 0.1) is 12.8 Å². The van der Waals surface area contributed by atoms with Crippen molar-refractivity contribution < 1.29 is 9.90 Å². The molecule has 15 heavy (non-hydrogen) atoms. The quantitative estimate of drug-likeness (QED) is 0.793. The van der Waals surface area contributed by atoms with Crippen molar-refractivity contribution in [1.82, 2.24) is 4.98 Å². The third-order valence-corrected chi connectivity index (χ3v) is 2.15. The summed E-state index contributed by atoms with van der Waals surface area (Å²) in [6.07, 6.45) is 1.66. The van der Waals surface area contributed by atoms with Crippen LogP contribution < -0.4 is 5.32 Å². The first-order valence-corrected chi connectivity index (χ1v) is 4.92. The number of aryl methyl sites for hydroxylation is 1. The van der Waals surface area contributed by atoms with E-state index in [9.17, 15) is 4.79 Å². The Labute approximate surface area is 89.3 Å². The molecule has 4 heteroatoms. The maximum atomic E-state index is 10.9. The number of hydrogen-bond donors (Lipinski definition) is 2. The van der Waals surface area contributed by atoms with Gasteiger partial charge in [0.15, 0.2) is 0 Å². The van der Waals surface area contributed by atoms with Gasteiger partial charge in [0.1, 0.15) is 11.9 Å². The van der Waals surface area contributed by atoms with Crippen molar-refractivity contribution in [3.8, 4) is 0 Å². The smallest absolute Gasteiger partial charge is 0.326 e. The predicted octanol–water partition coefficient (Wildman–Crippen LogP) is 1.91. The zero-order chi connectivity index (χ0) is 11.4. The largest absolute Gasteiger partial charge is 0.480 e. The lowest BCUT2D eigenvalue weighted by Gasteiger charge is -2.18. The lowest BCUT2D eigenvalue weighted by atomic mass is 10.0. The highest BCUT2D eigenvalue weighted by Crippen LogP contribution is 2.11. The number of aromatic nitrogens is 1. The lowest BCUT2D eigenvalue weighted by molar-refractivity contribution is -0.138. The highest BCUT2D eigenvalue weighted by Gasteiger charge is 2.21. The summed E-state index contributed by atoms with van der Waals surface area (Å²) in [4.78, 5) is 15.0. The van der Waals surface area contributed by atoms with Crippen molar-refractivity contribution in [2.45, 2.75) is 26.8 Å². The molecule has 1 aromatic rings. The molecule has 1 rings (SSSR count). The van der Waals surface area contributed by atoms with Crippen LogP contribution in [0.4, 0.5) is 5.82 Å². The van der Waals surface area contributed by atoms with E-state index in [0.29, 0.717) is 5.82 Å². The number of anilines is 1. The average molecular weight is 208 g/mol. The highest BCUT2D eigenvalue weighted by atomic mass is 16.4. The molecule has 0 unspecified atom stereocenters. The Morgan fingerprint density at radius 1 is 1.53 bits per heavy atom. The molecule has 1 heterocycles. The van der Waals surface area contributed by atoms with E-state index < -0.39 is 12.0 Å². The monoisotopic (exact) mass is 208 g/mol. The first-order valence-electron chi connectivity index (χ1n) is 4.92. The summed E-state index contributed by atoms with van der Waals surface area (Å²) >= 11 is 0. The molecule has 0 aliphatic carbocycles. The average Bonchev–Trinajstić information content (AvgIpc) is 2.13. The molecule has 0 aliphatic rings. The fourth-order valence-corrected chi connectivity index (χ4v) is 1.29. The topological polar surface area (TPSA) is 62.2 Å². The van der Waals surface area contributed by atoms with Crippen molar-refractivity contribution >= 4 is 11.8 Å². The minimum Gasteiger partial charge on any atom is -0.480 e. The van der Waals surface area contributed by atoms with E-state index in [2.05, 4.69) is 10.3 Å². The van der Waals surface area contributed by atoms with Gasteiger partial charge in [-0.3, -0.25) is 0 Å². The molecule has 0 fully saturated rings. The molecule has 0 saturated heterocycles. The van der Waals surface area contributed by atoms with E-state index in [4.69, 9.17) is 5.11 Å². The van der Waals surface area contributed by atoms with E-state index >= 15 is 0 Å². The molecule has 0 saturated carbocycles. The van der Waals surface area contributed by atoms with Crippen molar-refractivity contribution in [3.05, 3.63) is 23.9 Å². The molecule has 0 aromatic carbocycles. The summed E-state index contributed by atoms with van der Waals surface area (Å²) in [6, 6.07) is 3.11. The molecular weight excluding hydrogens is 192 g/mol. The van der Waals surface area contributed by atoms with E-state index in [0.717, 1.165) is 5.56 Å². The second-order valence-corrected chi connectivity index (χ2v) is 3.92. The minimum absolute atomic E-state index is 0.0183. The van der Waals surface area contributed by atoms with Crippen LogP contribution in [0.1, 0.15) is 19.4 Å². The Morgan fingerprint density at radius 2 is 2.20 bits per heavy atom. The van der Waals surface area contributed by atoms with Crippen LogP contribution in [0.5, 0.6) is 0 Å². The summed E-state index contributed by atoms with van der Waals surface area (Å²) in [6.45, 7) is 5.67. The van der Waals surface area contributed by atoms with Gasteiger partial charge in [-0.1, -0.05) is 13.8 Å². The molecule has 1 aromatic heterocycles. The lowest BCUT2D eigenvalue weighted by Crippen LogP contribution is -2.34. The second-order valence-electron chi connectivity index (χ2n) is 3.92. The molecule has 0 aliphatic heterocycles. The Kier molecular flexibility index (Phi) is 3.66. The molecule has 0 radical (unpaired) electrons. The number of hydrogen-bond acceptors (Lipinski definition) is 3. The molecule has 82 valence electrons. The highest BCUT2D eigenvalue weighted by molar-refractivity contribution is 5.77. The van der Waals surface area contributed by atoms with Gasteiger partial charge in [-0.05, 0) is 30.5 Å². The molecular formula is C11H16N2O2. The second kappa shape index (κ2) is 4.77. The Balaban J connectivity index is 2.79. The van der Waals surface area contributed by atoms with Crippen LogP contribution in [-0.2, 0) is 4.79 Å². The summed E-state index contributed by atoms with van der Waals surface area (Å²) in [5.74, 6) is -0.228. The third-order valence-electron chi connectivity index (χ3n) is 2.15. The summed E-state index contributed by atoms with van der Waals surface area (Å²) < 4.78 is 0. The molecule has 2 N–H and O–H groups in total. The van der Waals surface area contributed by atoms with E-state index in [-0.39, 0.29) is 5.92 Å². The fraction of sp³-hybridized carbons (Fsp3) is 0.455.